The van der Waals surface area contributed by atoms with E-state index in [2.05, 4.69) is 20.5 Å². The average Bonchev–Trinajstić information content (AvgIpc) is 3.19. The van der Waals surface area contributed by atoms with Crippen molar-refractivity contribution >= 4 is 27.9 Å². The summed E-state index contributed by atoms with van der Waals surface area (Å²) in [5.41, 5.74) is 3.81. The van der Waals surface area contributed by atoms with Gasteiger partial charge in [-0.25, -0.2) is 14.0 Å². The van der Waals surface area contributed by atoms with Crippen molar-refractivity contribution in [2.75, 3.05) is 0 Å². The zero-order valence-electron chi connectivity index (χ0n) is 12.0. The van der Waals surface area contributed by atoms with E-state index in [1.807, 2.05) is 37.1 Å². The number of fused-ring (bicyclic) bond motifs is 2. The molecule has 4 heterocycles. The molecule has 112 valence electrons. The lowest BCUT2D eigenvalue weighted by Gasteiger charge is -2.10. The van der Waals surface area contributed by atoms with Gasteiger partial charge in [-0.15, -0.1) is 0 Å². The standard InChI is InChI=1S/C13H13N7OS/c1-8(10-6-20-13(17-10)22-7-15-20)16-11(21)9-5-14-19-4-3-18(2)12(9)19/h3-8H,1-2H3,(H,16,21)/t8-/m1/s1. The topological polar surface area (TPSA) is 81.5 Å². The molecule has 4 rings (SSSR count). The molecule has 22 heavy (non-hydrogen) atoms. The predicted octanol–water partition coefficient (Wildman–Crippen LogP) is 1.27. The normalized spacial score (nSPS) is 13.0. The van der Waals surface area contributed by atoms with Crippen LogP contribution in [0.2, 0.25) is 0 Å². The molecular weight excluding hydrogens is 302 g/mol. The average molecular weight is 315 g/mol. The van der Waals surface area contributed by atoms with Crippen molar-refractivity contribution < 1.29 is 4.79 Å². The van der Waals surface area contributed by atoms with Crippen LogP contribution >= 0.6 is 11.3 Å². The van der Waals surface area contributed by atoms with Crippen LogP contribution in [0.1, 0.15) is 29.0 Å². The summed E-state index contributed by atoms with van der Waals surface area (Å²) in [5, 5.41) is 11.3. The molecule has 4 aromatic heterocycles. The molecule has 0 aliphatic carbocycles. The van der Waals surface area contributed by atoms with Crippen LogP contribution < -0.4 is 5.32 Å². The minimum Gasteiger partial charge on any atom is -0.344 e. The lowest BCUT2D eigenvalue weighted by molar-refractivity contribution is 0.0940. The molecule has 1 amide bonds. The third-order valence-electron chi connectivity index (χ3n) is 3.58. The Labute approximate surface area is 129 Å². The summed E-state index contributed by atoms with van der Waals surface area (Å²) < 4.78 is 5.25. The van der Waals surface area contributed by atoms with E-state index in [0.717, 1.165) is 16.3 Å². The van der Waals surface area contributed by atoms with Crippen LogP contribution in [0.15, 0.2) is 30.3 Å². The summed E-state index contributed by atoms with van der Waals surface area (Å²) in [5.74, 6) is -0.173. The van der Waals surface area contributed by atoms with Crippen molar-refractivity contribution in [3.05, 3.63) is 41.6 Å². The Morgan fingerprint density at radius 2 is 2.18 bits per heavy atom. The molecule has 8 nitrogen and oxygen atoms in total. The monoisotopic (exact) mass is 315 g/mol. The lowest BCUT2D eigenvalue weighted by atomic mass is 10.2. The van der Waals surface area contributed by atoms with Gasteiger partial charge in [-0.3, -0.25) is 4.79 Å². The molecule has 0 saturated heterocycles. The number of hydrogen-bond acceptors (Lipinski definition) is 5. The number of hydrogen-bond donors (Lipinski definition) is 1. The number of imidazole rings is 2. The lowest BCUT2D eigenvalue weighted by Crippen LogP contribution is -2.27. The van der Waals surface area contributed by atoms with Gasteiger partial charge in [-0.2, -0.15) is 10.2 Å². The number of carbonyl (C=O) groups is 1. The van der Waals surface area contributed by atoms with Gasteiger partial charge in [0, 0.05) is 19.4 Å². The van der Waals surface area contributed by atoms with Gasteiger partial charge in [0.05, 0.1) is 24.1 Å². The fourth-order valence-corrected chi connectivity index (χ4v) is 3.03. The van der Waals surface area contributed by atoms with Crippen LogP contribution in [-0.2, 0) is 7.05 Å². The van der Waals surface area contributed by atoms with Gasteiger partial charge >= 0.3 is 0 Å². The van der Waals surface area contributed by atoms with E-state index in [9.17, 15) is 4.79 Å². The Kier molecular flexibility index (Phi) is 2.76. The molecule has 4 aromatic rings. The zero-order chi connectivity index (χ0) is 15.3. The van der Waals surface area contributed by atoms with Gasteiger partial charge in [0.1, 0.15) is 16.7 Å². The highest BCUT2D eigenvalue weighted by Gasteiger charge is 2.19. The van der Waals surface area contributed by atoms with E-state index in [-0.39, 0.29) is 11.9 Å². The molecule has 0 spiro atoms. The highest BCUT2D eigenvalue weighted by molar-refractivity contribution is 7.14. The number of carbonyl (C=O) groups excluding carboxylic acids is 1. The summed E-state index contributed by atoms with van der Waals surface area (Å²) in [6, 6.07) is -0.211. The Balaban J connectivity index is 1.60. The minimum absolute atomic E-state index is 0.173. The third kappa shape index (κ3) is 1.90. The Bertz CT molecular complexity index is 947. The first kappa shape index (κ1) is 13.0. The van der Waals surface area contributed by atoms with E-state index in [0.29, 0.717) is 5.56 Å². The number of aromatic nitrogens is 6. The molecule has 0 unspecified atom stereocenters. The maximum absolute atomic E-state index is 12.5. The highest BCUT2D eigenvalue weighted by atomic mass is 32.1. The van der Waals surface area contributed by atoms with Crippen LogP contribution in [-0.4, -0.2) is 34.7 Å². The number of rotatable bonds is 3. The van der Waals surface area contributed by atoms with Crippen molar-refractivity contribution in [3.63, 3.8) is 0 Å². The van der Waals surface area contributed by atoms with E-state index in [4.69, 9.17) is 0 Å². The first-order valence-electron chi connectivity index (χ1n) is 6.72. The van der Waals surface area contributed by atoms with E-state index in [1.165, 1.54) is 11.3 Å². The van der Waals surface area contributed by atoms with Crippen LogP contribution in [0.4, 0.5) is 0 Å². The quantitative estimate of drug-likeness (QED) is 0.617. The SMILES string of the molecule is C[C@@H](NC(=O)c1cnn2ccn(C)c12)c1cn2ncsc2n1. The van der Waals surface area contributed by atoms with Crippen molar-refractivity contribution in [2.24, 2.45) is 7.05 Å². The van der Waals surface area contributed by atoms with Gasteiger partial charge in [0.25, 0.3) is 5.91 Å². The van der Waals surface area contributed by atoms with Gasteiger partial charge < -0.3 is 9.88 Å². The van der Waals surface area contributed by atoms with Gasteiger partial charge in [-0.05, 0) is 6.92 Å². The zero-order valence-corrected chi connectivity index (χ0v) is 12.8. The molecule has 0 bridgehead atoms. The highest BCUT2D eigenvalue weighted by Crippen LogP contribution is 2.17. The van der Waals surface area contributed by atoms with E-state index in [1.54, 1.807) is 20.7 Å². The second kappa shape index (κ2) is 4.67. The first-order valence-corrected chi connectivity index (χ1v) is 7.60. The van der Waals surface area contributed by atoms with Crippen LogP contribution in [0.25, 0.3) is 10.6 Å². The van der Waals surface area contributed by atoms with Crippen molar-refractivity contribution in [3.8, 4) is 0 Å². The number of amides is 1. The minimum atomic E-state index is -0.211. The second-order valence-electron chi connectivity index (χ2n) is 5.06. The van der Waals surface area contributed by atoms with Gasteiger partial charge in [0.15, 0.2) is 0 Å². The van der Waals surface area contributed by atoms with Crippen LogP contribution in [0, 0.1) is 0 Å². The molecule has 0 fully saturated rings. The van der Waals surface area contributed by atoms with Crippen molar-refractivity contribution in [2.45, 2.75) is 13.0 Å². The summed E-state index contributed by atoms with van der Waals surface area (Å²) >= 11 is 1.46. The van der Waals surface area contributed by atoms with Crippen LogP contribution in [0.3, 0.4) is 0 Å². The van der Waals surface area contributed by atoms with Crippen molar-refractivity contribution in [1.29, 1.82) is 0 Å². The smallest absolute Gasteiger partial charge is 0.257 e. The van der Waals surface area contributed by atoms with E-state index < -0.39 is 0 Å². The van der Waals surface area contributed by atoms with E-state index >= 15 is 0 Å². The Hall–Kier alpha value is -2.68. The van der Waals surface area contributed by atoms with Crippen molar-refractivity contribution in [1.82, 2.24) is 34.1 Å². The predicted molar refractivity (Wildman–Crippen MR) is 80.9 cm³/mol. The molecule has 0 aliphatic heterocycles. The Morgan fingerprint density at radius 3 is 3.00 bits per heavy atom. The summed E-state index contributed by atoms with van der Waals surface area (Å²) in [7, 11) is 1.88. The largest absolute Gasteiger partial charge is 0.344 e. The maximum Gasteiger partial charge on any atom is 0.257 e. The fraction of sp³-hybridized carbons (Fsp3) is 0.231. The fourth-order valence-electron chi connectivity index (χ4n) is 2.42. The molecule has 1 atom stereocenters. The van der Waals surface area contributed by atoms with Crippen LogP contribution in [0.5, 0.6) is 0 Å². The van der Waals surface area contributed by atoms with Gasteiger partial charge in [-0.1, -0.05) is 11.3 Å². The second-order valence-corrected chi connectivity index (χ2v) is 5.87. The number of nitrogens with one attached hydrogen (secondary N) is 1. The molecule has 0 aliphatic rings. The van der Waals surface area contributed by atoms with Gasteiger partial charge in [0.2, 0.25) is 4.96 Å². The number of nitrogens with zero attached hydrogens (tertiary/aromatic N) is 6. The summed E-state index contributed by atoms with van der Waals surface area (Å²) in [6.45, 7) is 1.90. The molecule has 0 radical (unpaired) electrons. The maximum atomic E-state index is 12.5. The molecule has 0 saturated carbocycles. The first-order chi connectivity index (χ1) is 10.6. The molecule has 9 heteroatoms. The molecular formula is C13H13N7OS. The third-order valence-corrected chi connectivity index (χ3v) is 4.26. The summed E-state index contributed by atoms with van der Waals surface area (Å²) in [6.07, 6.45) is 7.07. The molecule has 1 N–H and O–H groups in total. The Morgan fingerprint density at radius 1 is 1.32 bits per heavy atom. The number of aryl methyl sites for hydroxylation is 1. The summed E-state index contributed by atoms with van der Waals surface area (Å²) in [4.78, 5) is 17.7. The molecule has 0 aromatic carbocycles.